The summed E-state index contributed by atoms with van der Waals surface area (Å²) in [5.74, 6) is -1.65. The Labute approximate surface area is 168 Å². The lowest BCUT2D eigenvalue weighted by atomic mass is 10.0. The molecular formula is C18H12Cl3F2N3O. The molecule has 2 aromatic carbocycles. The molecule has 1 heterocycles. The summed E-state index contributed by atoms with van der Waals surface area (Å²) in [6, 6.07) is 11.8. The van der Waals surface area contributed by atoms with Gasteiger partial charge in [-0.05, 0) is 11.6 Å². The molecule has 0 saturated heterocycles. The molecule has 0 atom stereocenters. The first-order valence-corrected chi connectivity index (χ1v) is 8.77. The fourth-order valence-electron chi connectivity index (χ4n) is 2.58. The van der Waals surface area contributed by atoms with Gasteiger partial charge < -0.3 is 5.32 Å². The van der Waals surface area contributed by atoms with E-state index in [2.05, 4.69) is 10.4 Å². The minimum absolute atomic E-state index is 0.151. The van der Waals surface area contributed by atoms with Crippen LogP contribution in [0.2, 0.25) is 5.02 Å². The van der Waals surface area contributed by atoms with Crippen LogP contribution in [0.15, 0.2) is 48.7 Å². The van der Waals surface area contributed by atoms with Crippen LogP contribution in [0.25, 0.3) is 11.1 Å². The van der Waals surface area contributed by atoms with E-state index >= 15 is 0 Å². The van der Waals surface area contributed by atoms with Gasteiger partial charge in [-0.3, -0.25) is 9.48 Å². The third-order valence-corrected chi connectivity index (χ3v) is 4.41. The number of anilines is 1. The van der Waals surface area contributed by atoms with E-state index in [-0.39, 0.29) is 16.3 Å². The Kier molecular flexibility index (Phi) is 5.42. The molecule has 1 aromatic heterocycles. The number of carbonyl (C=O) groups excluding carboxylic acids is 1. The minimum Gasteiger partial charge on any atom is -0.319 e. The number of aryl methyl sites for hydroxylation is 1. The number of hydrogen-bond donors (Lipinski definition) is 1. The third-order valence-electron chi connectivity index (χ3n) is 3.76. The van der Waals surface area contributed by atoms with Gasteiger partial charge in [0.1, 0.15) is 5.69 Å². The number of benzene rings is 2. The number of halogens is 5. The molecule has 0 aliphatic carbocycles. The first-order valence-electron chi connectivity index (χ1n) is 7.64. The van der Waals surface area contributed by atoms with Crippen molar-refractivity contribution in [2.45, 2.75) is 4.59 Å². The van der Waals surface area contributed by atoms with Gasteiger partial charge in [-0.2, -0.15) is 5.10 Å². The lowest BCUT2D eigenvalue weighted by molar-refractivity contribution is 0.102. The number of amides is 1. The van der Waals surface area contributed by atoms with Crippen molar-refractivity contribution in [1.29, 1.82) is 0 Å². The van der Waals surface area contributed by atoms with Crippen molar-refractivity contribution in [3.8, 4) is 11.1 Å². The SMILES string of the molecule is Cn1cc(C(=O)Nc2c(-c3ccccc3)ccc(Cl)c2F)c(C(F)(Cl)Cl)n1. The van der Waals surface area contributed by atoms with Gasteiger partial charge in [-0.25, -0.2) is 8.78 Å². The molecule has 3 aromatic rings. The second-order valence-electron chi connectivity index (χ2n) is 5.67. The molecule has 27 heavy (non-hydrogen) atoms. The normalized spacial score (nSPS) is 11.5. The Morgan fingerprint density at radius 3 is 2.48 bits per heavy atom. The van der Waals surface area contributed by atoms with Crippen LogP contribution in [0.1, 0.15) is 16.1 Å². The van der Waals surface area contributed by atoms with E-state index in [0.29, 0.717) is 11.1 Å². The van der Waals surface area contributed by atoms with Crippen molar-refractivity contribution in [3.05, 3.63) is 70.8 Å². The van der Waals surface area contributed by atoms with E-state index in [1.807, 2.05) is 0 Å². The van der Waals surface area contributed by atoms with Gasteiger partial charge >= 0.3 is 4.59 Å². The van der Waals surface area contributed by atoms with E-state index in [0.717, 1.165) is 0 Å². The minimum atomic E-state index is -2.89. The average molecular weight is 431 g/mol. The average Bonchev–Trinajstić information content (AvgIpc) is 3.02. The highest BCUT2D eigenvalue weighted by Gasteiger charge is 2.35. The maximum atomic E-state index is 14.7. The first-order chi connectivity index (χ1) is 12.7. The number of hydrogen-bond acceptors (Lipinski definition) is 2. The van der Waals surface area contributed by atoms with Crippen LogP contribution in [0.3, 0.4) is 0 Å². The predicted octanol–water partition coefficient (Wildman–Crippen LogP) is 5.69. The van der Waals surface area contributed by atoms with Crippen LogP contribution < -0.4 is 5.32 Å². The standard InChI is InChI=1S/C18H12Cl3F2N3O/c1-26-9-12(16(25-26)18(20,21)23)17(27)24-15-11(7-8-13(19)14(15)22)10-5-3-2-4-6-10/h2-9H,1H3,(H,24,27). The summed E-state index contributed by atoms with van der Waals surface area (Å²) in [6.07, 6.45) is 1.23. The van der Waals surface area contributed by atoms with Gasteiger partial charge in [0.25, 0.3) is 5.91 Å². The number of nitrogens with zero attached hydrogens (tertiary/aromatic N) is 2. The monoisotopic (exact) mass is 429 g/mol. The van der Waals surface area contributed by atoms with Gasteiger partial charge in [0.15, 0.2) is 5.82 Å². The molecular weight excluding hydrogens is 419 g/mol. The van der Waals surface area contributed by atoms with Crippen LogP contribution in [0.4, 0.5) is 14.5 Å². The van der Waals surface area contributed by atoms with Crippen LogP contribution in [0.5, 0.6) is 0 Å². The van der Waals surface area contributed by atoms with Crippen molar-refractivity contribution in [1.82, 2.24) is 9.78 Å². The molecule has 0 fully saturated rings. The smallest absolute Gasteiger partial charge is 0.302 e. The van der Waals surface area contributed by atoms with Crippen LogP contribution in [-0.4, -0.2) is 15.7 Å². The molecule has 3 rings (SSSR count). The third kappa shape index (κ3) is 4.08. The number of alkyl halides is 3. The highest BCUT2D eigenvalue weighted by molar-refractivity contribution is 6.47. The molecule has 0 spiro atoms. The molecule has 0 unspecified atom stereocenters. The molecule has 140 valence electrons. The molecule has 1 N–H and O–H groups in total. The topological polar surface area (TPSA) is 46.9 Å². The molecule has 9 heteroatoms. The number of rotatable bonds is 4. The summed E-state index contributed by atoms with van der Waals surface area (Å²) in [5.41, 5.74) is 0.184. The summed E-state index contributed by atoms with van der Waals surface area (Å²) in [7, 11) is 1.47. The largest absolute Gasteiger partial charge is 0.319 e. The summed E-state index contributed by atoms with van der Waals surface area (Å²) < 4.78 is 26.9. The molecule has 0 saturated carbocycles. The second kappa shape index (κ2) is 7.46. The van der Waals surface area contributed by atoms with Gasteiger partial charge in [-0.15, -0.1) is 0 Å². The summed E-state index contributed by atoms with van der Waals surface area (Å²) in [6.45, 7) is 0. The van der Waals surface area contributed by atoms with Crippen molar-refractivity contribution in [3.63, 3.8) is 0 Å². The molecule has 0 bridgehead atoms. The Morgan fingerprint density at radius 1 is 1.19 bits per heavy atom. The summed E-state index contributed by atoms with van der Waals surface area (Å²) in [4.78, 5) is 12.7. The fourth-order valence-corrected chi connectivity index (χ4v) is 3.01. The lowest BCUT2D eigenvalue weighted by Crippen LogP contribution is -2.18. The Hall–Kier alpha value is -2.15. The first kappa shape index (κ1) is 19.6. The second-order valence-corrected chi connectivity index (χ2v) is 7.31. The van der Waals surface area contributed by atoms with E-state index in [4.69, 9.17) is 34.8 Å². The van der Waals surface area contributed by atoms with Crippen LogP contribution in [-0.2, 0) is 11.6 Å². The number of aromatic nitrogens is 2. The van der Waals surface area contributed by atoms with Crippen molar-refractivity contribution >= 4 is 46.4 Å². The summed E-state index contributed by atoms with van der Waals surface area (Å²) >= 11 is 16.8. The Bertz CT molecular complexity index is 1000. The van der Waals surface area contributed by atoms with Crippen molar-refractivity contribution in [2.24, 2.45) is 7.05 Å². The Morgan fingerprint density at radius 2 is 1.85 bits per heavy atom. The van der Waals surface area contributed by atoms with E-state index in [1.54, 1.807) is 36.4 Å². The quantitative estimate of drug-likeness (QED) is 0.541. The summed E-state index contributed by atoms with van der Waals surface area (Å²) in [5, 5.41) is 6.01. The van der Waals surface area contributed by atoms with Gasteiger partial charge in [0.05, 0.1) is 16.3 Å². The zero-order valence-electron chi connectivity index (χ0n) is 13.8. The fraction of sp³-hybridized carbons (Fsp3) is 0.111. The maximum Gasteiger partial charge on any atom is 0.302 e. The van der Waals surface area contributed by atoms with E-state index in [9.17, 15) is 13.6 Å². The number of carbonyl (C=O) groups is 1. The predicted molar refractivity (Wildman–Crippen MR) is 102 cm³/mol. The molecule has 4 nitrogen and oxygen atoms in total. The maximum absolute atomic E-state index is 14.7. The number of nitrogens with one attached hydrogen (secondary N) is 1. The molecule has 0 aliphatic heterocycles. The lowest BCUT2D eigenvalue weighted by Gasteiger charge is -2.14. The molecule has 1 amide bonds. The van der Waals surface area contributed by atoms with E-state index < -0.39 is 22.0 Å². The highest BCUT2D eigenvalue weighted by Crippen LogP contribution is 2.38. The van der Waals surface area contributed by atoms with Crippen LogP contribution >= 0.6 is 34.8 Å². The van der Waals surface area contributed by atoms with E-state index in [1.165, 1.54) is 24.0 Å². The zero-order valence-corrected chi connectivity index (χ0v) is 16.1. The van der Waals surface area contributed by atoms with Gasteiger partial charge in [0, 0.05) is 18.8 Å². The molecule has 0 aliphatic rings. The Balaban J connectivity index is 2.06. The van der Waals surface area contributed by atoms with Crippen LogP contribution in [0, 0.1) is 5.82 Å². The zero-order chi connectivity index (χ0) is 19.8. The molecule has 0 radical (unpaired) electrons. The van der Waals surface area contributed by atoms with Gasteiger partial charge in [-0.1, -0.05) is 71.2 Å². The van der Waals surface area contributed by atoms with Crippen molar-refractivity contribution in [2.75, 3.05) is 5.32 Å². The van der Waals surface area contributed by atoms with Crippen molar-refractivity contribution < 1.29 is 13.6 Å². The van der Waals surface area contributed by atoms with Gasteiger partial charge in [0.2, 0.25) is 0 Å². The highest BCUT2D eigenvalue weighted by atomic mass is 35.5.